The molecule has 8 rings (SSSR count). The normalized spacial score (nSPS) is 22.6. The number of rotatable bonds is 9. The molecule has 290 valence electrons. The molecule has 1 aliphatic carbocycles. The molecule has 0 radical (unpaired) electrons. The van der Waals surface area contributed by atoms with E-state index in [4.69, 9.17) is 0 Å². The van der Waals surface area contributed by atoms with Gasteiger partial charge in [-0.25, -0.2) is 27.5 Å². The number of nitrogens with zero attached hydrogens (tertiary/aromatic N) is 9. The molecule has 4 aromatic heterocycles. The van der Waals surface area contributed by atoms with E-state index in [1.807, 2.05) is 25.2 Å². The monoisotopic (exact) mass is 761 g/mol. The van der Waals surface area contributed by atoms with Crippen LogP contribution in [0.3, 0.4) is 0 Å². The van der Waals surface area contributed by atoms with E-state index in [1.54, 1.807) is 23.9 Å². The van der Waals surface area contributed by atoms with Crippen molar-refractivity contribution in [1.82, 2.24) is 43.7 Å². The minimum Gasteiger partial charge on any atom is -0.370 e. The summed E-state index contributed by atoms with van der Waals surface area (Å²) in [6.07, 6.45) is 6.18. The van der Waals surface area contributed by atoms with Crippen LogP contribution in [-0.4, -0.2) is 94.5 Å². The predicted octanol–water partition coefficient (Wildman–Crippen LogP) is 4.17. The van der Waals surface area contributed by atoms with Crippen LogP contribution in [0.4, 0.5) is 24.5 Å². The molecular formula is C37H42F3N11O4. The van der Waals surface area contributed by atoms with Gasteiger partial charge in [-0.2, -0.15) is 10.2 Å². The van der Waals surface area contributed by atoms with Crippen LogP contribution in [0, 0.1) is 0 Å². The number of anilines is 2. The first kappa shape index (κ1) is 36.5. The first-order valence-electron chi connectivity index (χ1n) is 18.6. The number of carbonyl (C=O) groups excluding carboxylic acids is 3. The molecule has 5 aromatic rings. The number of hydrogen-bond acceptors (Lipinski definition) is 9. The number of imidazole rings is 1. The summed E-state index contributed by atoms with van der Waals surface area (Å²) in [5.41, 5.74) is 0.227. The van der Waals surface area contributed by atoms with Crippen LogP contribution in [-0.2, 0) is 16.6 Å². The van der Waals surface area contributed by atoms with Crippen molar-refractivity contribution in [2.75, 3.05) is 36.9 Å². The first-order valence-corrected chi connectivity index (χ1v) is 18.6. The number of fused-ring (bicyclic) bond motifs is 2. The zero-order valence-electron chi connectivity index (χ0n) is 30.5. The maximum atomic E-state index is 16.4. The highest BCUT2D eigenvalue weighted by Crippen LogP contribution is 2.40. The van der Waals surface area contributed by atoms with E-state index in [-0.39, 0.29) is 72.8 Å². The number of amides is 3. The van der Waals surface area contributed by atoms with E-state index in [0.29, 0.717) is 31.4 Å². The number of para-hydroxylation sites is 1. The van der Waals surface area contributed by atoms with Gasteiger partial charge in [0.1, 0.15) is 17.3 Å². The molecule has 6 heterocycles. The minimum absolute atomic E-state index is 0.108. The van der Waals surface area contributed by atoms with Crippen LogP contribution in [0.25, 0.3) is 16.7 Å². The van der Waals surface area contributed by atoms with Gasteiger partial charge in [0.05, 0.1) is 34.6 Å². The SMILES string of the molecule is CN(CC1(F)CCC(n2cc(NC(=O)c3cnn4cccnc34)c(C(F)F)n2)CC1)C1CCN(c2cccc3c2n(C)c(=O)n3C2CCC(=O)NC2=O)CC1. The number of imide groups is 1. The molecule has 1 atom stereocenters. The Kier molecular flexibility index (Phi) is 9.47. The molecule has 0 bridgehead atoms. The average molecular weight is 762 g/mol. The van der Waals surface area contributed by atoms with Gasteiger partial charge in [-0.1, -0.05) is 6.07 Å². The summed E-state index contributed by atoms with van der Waals surface area (Å²) in [5.74, 6) is -1.45. The third kappa shape index (κ3) is 6.76. The second-order valence-corrected chi connectivity index (χ2v) is 14.9. The fraction of sp³-hybridized carbons (Fsp3) is 0.486. The Morgan fingerprint density at radius 3 is 2.58 bits per heavy atom. The molecule has 3 amide bonds. The molecule has 3 fully saturated rings. The van der Waals surface area contributed by atoms with Crippen molar-refractivity contribution in [3.8, 4) is 0 Å². The van der Waals surface area contributed by atoms with Crippen molar-refractivity contribution in [3.05, 3.63) is 70.8 Å². The molecular weight excluding hydrogens is 719 g/mol. The highest BCUT2D eigenvalue weighted by atomic mass is 19.3. The van der Waals surface area contributed by atoms with Crippen molar-refractivity contribution in [2.24, 2.45) is 7.05 Å². The van der Waals surface area contributed by atoms with Crippen LogP contribution in [0.15, 0.2) is 53.8 Å². The van der Waals surface area contributed by atoms with Crippen LogP contribution in [0.1, 0.15) is 85.9 Å². The third-order valence-electron chi connectivity index (χ3n) is 11.5. The molecule has 2 aliphatic heterocycles. The second kappa shape index (κ2) is 14.3. The lowest BCUT2D eigenvalue weighted by Gasteiger charge is -2.42. The summed E-state index contributed by atoms with van der Waals surface area (Å²) < 4.78 is 50.4. The fourth-order valence-electron chi connectivity index (χ4n) is 8.60. The first-order chi connectivity index (χ1) is 26.4. The summed E-state index contributed by atoms with van der Waals surface area (Å²) in [6.45, 7) is 1.61. The van der Waals surface area contributed by atoms with E-state index in [1.165, 1.54) is 32.4 Å². The van der Waals surface area contributed by atoms with Crippen LogP contribution >= 0.6 is 0 Å². The van der Waals surface area contributed by atoms with Gasteiger partial charge < -0.3 is 15.1 Å². The number of piperidine rings is 2. The lowest BCUT2D eigenvalue weighted by atomic mass is 9.83. The highest BCUT2D eigenvalue weighted by Gasteiger charge is 2.40. The van der Waals surface area contributed by atoms with E-state index in [9.17, 15) is 28.0 Å². The van der Waals surface area contributed by atoms with E-state index in [2.05, 4.69) is 35.6 Å². The Bertz CT molecular complexity index is 2330. The zero-order valence-corrected chi connectivity index (χ0v) is 30.5. The smallest absolute Gasteiger partial charge is 0.329 e. The maximum absolute atomic E-state index is 16.4. The van der Waals surface area contributed by atoms with Gasteiger partial charge in [0.2, 0.25) is 11.8 Å². The molecule has 18 heteroatoms. The number of aryl methyl sites for hydroxylation is 1. The standard InChI is InChI=1S/C37H42F3N11O4/c1-46(22-11-17-48(18-12-22)26-5-3-6-27-31(26)47(2)36(55)51(27)28-7-8-29(52)44-35(28)54)21-37(40)13-9-23(10-14-37)50-20-25(30(45-50)32(38)39)43-34(53)24-19-42-49-16-4-15-41-33(24)49/h3-6,15-16,19-20,22-23,28,32H,7-14,17-18,21H2,1-2H3,(H,43,53)(H,44,52,54). The Balaban J connectivity index is 0.886. The lowest BCUT2D eigenvalue weighted by Crippen LogP contribution is -2.49. The van der Waals surface area contributed by atoms with E-state index < -0.39 is 35.6 Å². The Morgan fingerprint density at radius 2 is 1.85 bits per heavy atom. The molecule has 2 saturated heterocycles. The summed E-state index contributed by atoms with van der Waals surface area (Å²) in [6, 6.07) is 6.38. The van der Waals surface area contributed by atoms with E-state index in [0.717, 1.165) is 24.0 Å². The van der Waals surface area contributed by atoms with Crippen molar-refractivity contribution in [3.63, 3.8) is 0 Å². The van der Waals surface area contributed by atoms with Gasteiger partial charge in [-0.05, 0) is 70.2 Å². The van der Waals surface area contributed by atoms with Crippen LogP contribution in [0.5, 0.6) is 0 Å². The molecule has 2 N–H and O–H groups in total. The van der Waals surface area contributed by atoms with Gasteiger partial charge in [-0.3, -0.25) is 33.5 Å². The number of benzene rings is 1. The third-order valence-corrected chi connectivity index (χ3v) is 11.5. The zero-order chi connectivity index (χ0) is 38.6. The summed E-state index contributed by atoms with van der Waals surface area (Å²) in [7, 11) is 3.63. The van der Waals surface area contributed by atoms with Gasteiger partial charge >= 0.3 is 5.69 Å². The lowest BCUT2D eigenvalue weighted by molar-refractivity contribution is -0.135. The second-order valence-electron chi connectivity index (χ2n) is 14.9. The summed E-state index contributed by atoms with van der Waals surface area (Å²) in [4.78, 5) is 59.3. The number of alkyl halides is 3. The molecule has 1 aromatic carbocycles. The number of nitrogens with one attached hydrogen (secondary N) is 2. The Labute approximate surface area is 313 Å². The maximum Gasteiger partial charge on any atom is 0.329 e. The Morgan fingerprint density at radius 1 is 1.09 bits per heavy atom. The molecule has 3 aliphatic rings. The van der Waals surface area contributed by atoms with E-state index >= 15 is 4.39 Å². The summed E-state index contributed by atoms with van der Waals surface area (Å²) in [5, 5.41) is 13.1. The van der Waals surface area contributed by atoms with Crippen molar-refractivity contribution in [2.45, 2.75) is 81.6 Å². The quantitative estimate of drug-likeness (QED) is 0.211. The van der Waals surface area contributed by atoms with Gasteiger partial charge in [-0.15, -0.1) is 0 Å². The van der Waals surface area contributed by atoms with Gasteiger partial charge in [0.25, 0.3) is 12.3 Å². The van der Waals surface area contributed by atoms with Crippen molar-refractivity contribution >= 4 is 45.8 Å². The van der Waals surface area contributed by atoms with Crippen LogP contribution < -0.4 is 21.2 Å². The number of hydrogen-bond donors (Lipinski definition) is 2. The molecule has 1 saturated carbocycles. The molecule has 1 unspecified atom stereocenters. The van der Waals surface area contributed by atoms with Gasteiger partial charge in [0, 0.05) is 57.7 Å². The molecule has 15 nitrogen and oxygen atoms in total. The largest absolute Gasteiger partial charge is 0.370 e. The predicted molar refractivity (Wildman–Crippen MR) is 196 cm³/mol. The Hall–Kier alpha value is -5.52. The highest BCUT2D eigenvalue weighted by molar-refractivity contribution is 6.08. The van der Waals surface area contributed by atoms with Crippen molar-refractivity contribution in [1.29, 1.82) is 0 Å². The molecule has 0 spiro atoms. The number of halogens is 3. The topological polar surface area (TPSA) is 157 Å². The average Bonchev–Trinajstić information content (AvgIpc) is 3.86. The van der Waals surface area contributed by atoms with Crippen molar-refractivity contribution < 1.29 is 27.6 Å². The summed E-state index contributed by atoms with van der Waals surface area (Å²) >= 11 is 0. The molecule has 55 heavy (non-hydrogen) atoms. The number of carbonyl (C=O) groups is 3. The van der Waals surface area contributed by atoms with Crippen LogP contribution in [0.2, 0.25) is 0 Å². The van der Waals surface area contributed by atoms with Gasteiger partial charge in [0.15, 0.2) is 11.3 Å². The number of aromatic nitrogens is 7. The minimum atomic E-state index is -2.93. The fourth-order valence-corrected chi connectivity index (χ4v) is 8.60.